The molecular weight excluding hydrogens is 304 g/mol. The fraction of sp³-hybridized carbons (Fsp3) is 0.778. The van der Waals surface area contributed by atoms with Crippen LogP contribution in [0, 0.1) is 10.8 Å². The summed E-state index contributed by atoms with van der Waals surface area (Å²) in [5.41, 5.74) is 15.9. The molecule has 0 unspecified atom stereocenters. The molecule has 0 N–H and O–H groups in total. The van der Waals surface area contributed by atoms with Gasteiger partial charge in [0, 0.05) is 10.8 Å². The van der Waals surface area contributed by atoms with Crippen LogP contribution >= 0.6 is 0 Å². The molecule has 0 aliphatic heterocycles. The molecule has 0 aromatic rings. The van der Waals surface area contributed by atoms with E-state index < -0.39 is 10.8 Å². The molecule has 0 aliphatic rings. The van der Waals surface area contributed by atoms with Crippen LogP contribution in [0.3, 0.4) is 0 Å². The Kier molecular flexibility index (Phi) is 9.94. The summed E-state index contributed by atoms with van der Waals surface area (Å²) < 4.78 is 0. The van der Waals surface area contributed by atoms with E-state index in [-0.39, 0.29) is 11.6 Å². The molecule has 0 amide bonds. The minimum Gasteiger partial charge on any atom is -0.361 e. The normalized spacial score (nSPS) is 11.3. The van der Waals surface area contributed by atoms with Crippen molar-refractivity contribution in [3.63, 3.8) is 0 Å². The van der Waals surface area contributed by atoms with Gasteiger partial charge < -0.3 is 11.1 Å². The van der Waals surface area contributed by atoms with E-state index in [1.807, 2.05) is 27.7 Å². The summed E-state index contributed by atoms with van der Waals surface area (Å²) in [6.45, 7) is 7.47. The van der Waals surface area contributed by atoms with Gasteiger partial charge in [0.05, 0.1) is 0 Å². The minimum atomic E-state index is -0.481. The summed E-state index contributed by atoms with van der Waals surface area (Å²) in [6.07, 6.45) is 9.77. The predicted octanol–water partition coefficient (Wildman–Crippen LogP) is 3.90. The topological polar surface area (TPSA) is 107 Å². The lowest BCUT2D eigenvalue weighted by Gasteiger charge is -2.19. The maximum atomic E-state index is 11.7. The zero-order valence-corrected chi connectivity index (χ0v) is 15.4. The van der Waals surface area contributed by atoms with E-state index in [9.17, 15) is 9.59 Å². The van der Waals surface area contributed by atoms with Crippen molar-refractivity contribution in [3.8, 4) is 0 Å². The Morgan fingerprint density at radius 2 is 1.00 bits per heavy atom. The van der Waals surface area contributed by atoms with E-state index in [1.54, 1.807) is 0 Å². The van der Waals surface area contributed by atoms with E-state index in [1.165, 1.54) is 0 Å². The van der Waals surface area contributed by atoms with Crippen LogP contribution in [0.15, 0.2) is 0 Å². The van der Waals surface area contributed by atoms with Gasteiger partial charge in [-0.05, 0) is 12.8 Å². The molecule has 0 aromatic heterocycles. The van der Waals surface area contributed by atoms with Crippen molar-refractivity contribution in [1.29, 1.82) is 0 Å². The van der Waals surface area contributed by atoms with Gasteiger partial charge in [0.1, 0.15) is 0 Å². The number of hydrogen-bond acceptors (Lipinski definition) is 2. The molecule has 6 nitrogen and oxygen atoms in total. The summed E-state index contributed by atoms with van der Waals surface area (Å²) in [5.74, 6) is -0.299. The van der Waals surface area contributed by atoms with Gasteiger partial charge in [0.25, 0.3) is 0 Å². The predicted molar refractivity (Wildman–Crippen MR) is 93.9 cm³/mol. The highest BCUT2D eigenvalue weighted by Crippen LogP contribution is 2.26. The van der Waals surface area contributed by atoms with Crippen LogP contribution in [0.5, 0.6) is 0 Å². The number of hydrogen-bond donors (Lipinski definition) is 0. The zero-order valence-electron chi connectivity index (χ0n) is 15.4. The van der Waals surface area contributed by atoms with E-state index >= 15 is 0 Å². The fourth-order valence-corrected chi connectivity index (χ4v) is 2.54. The zero-order chi connectivity index (χ0) is 18.6. The molecule has 0 atom stereocenters. The number of carbonyl (C=O) groups is 2. The Hall–Kier alpha value is -1.90. The molecule has 0 aromatic carbocycles. The maximum Gasteiger partial charge on any atom is 0.323 e. The molecule has 6 heteroatoms. The first kappa shape index (κ1) is 22.1. The van der Waals surface area contributed by atoms with Gasteiger partial charge in [0.15, 0.2) is 0 Å². The van der Waals surface area contributed by atoms with Gasteiger partial charge in [-0.3, -0.25) is 9.59 Å². The Balaban J connectivity index is 3.86. The number of carbonyl (C=O) groups excluding carboxylic acids is 2. The van der Waals surface area contributed by atoms with Crippen LogP contribution in [0.4, 0.5) is 0 Å². The lowest BCUT2D eigenvalue weighted by Crippen LogP contribution is -2.25. The van der Waals surface area contributed by atoms with E-state index in [0.29, 0.717) is 0 Å². The summed E-state index contributed by atoms with van der Waals surface area (Å²) >= 11 is 0. The average molecular weight is 334 g/mol. The second-order valence-corrected chi connectivity index (χ2v) is 7.61. The highest BCUT2D eigenvalue weighted by Gasteiger charge is 2.29. The summed E-state index contributed by atoms with van der Waals surface area (Å²) in [7, 11) is 0. The van der Waals surface area contributed by atoms with Crippen LogP contribution in [-0.2, 0) is 9.59 Å². The van der Waals surface area contributed by atoms with Gasteiger partial charge >= 0.3 is 12.4 Å². The standard InChI is InChI=1S/C18H30N4O2/c1-17(2,15(23)13-21-19)11-9-7-5-6-8-10-12-18(3,4)16(24)14-22-20/h13-14H,5-12H2,1-4H3. The largest absolute Gasteiger partial charge is 0.361 e. The third-order valence-electron chi connectivity index (χ3n) is 4.54. The van der Waals surface area contributed by atoms with Gasteiger partial charge in [-0.1, -0.05) is 66.2 Å². The second-order valence-electron chi connectivity index (χ2n) is 7.61. The number of Topliss-reactive ketones (excluding diaryl/α,β-unsaturated/α-hetero) is 2. The van der Waals surface area contributed by atoms with Crippen molar-refractivity contribution < 1.29 is 19.2 Å². The van der Waals surface area contributed by atoms with Crippen LogP contribution in [0.1, 0.15) is 79.1 Å². The average Bonchev–Trinajstić information content (AvgIpc) is 2.50. The lowest BCUT2D eigenvalue weighted by molar-refractivity contribution is -0.124. The van der Waals surface area contributed by atoms with Crippen molar-refractivity contribution in [3.05, 3.63) is 11.1 Å². The minimum absolute atomic E-state index is 0.150. The summed E-state index contributed by atoms with van der Waals surface area (Å²) in [6, 6.07) is 0. The van der Waals surface area contributed by atoms with Crippen molar-refractivity contribution in [2.45, 2.75) is 79.1 Å². The molecule has 0 aliphatic carbocycles. The Bertz CT molecular complexity index is 477. The Morgan fingerprint density at radius 3 is 1.29 bits per heavy atom. The third kappa shape index (κ3) is 8.66. The quantitative estimate of drug-likeness (QED) is 0.220. The smallest absolute Gasteiger partial charge is 0.323 e. The molecule has 0 heterocycles. The number of nitrogens with zero attached hydrogens (tertiary/aromatic N) is 4. The maximum absolute atomic E-state index is 11.7. The first-order valence-electron chi connectivity index (χ1n) is 8.61. The van der Waals surface area contributed by atoms with Crippen molar-refractivity contribution in [2.24, 2.45) is 10.8 Å². The SMILES string of the molecule is CC(C)(CCCCCCCCC(C)(C)C(=O)C=[N+]=[N-])C(=O)C=[N+]=[N-]. The van der Waals surface area contributed by atoms with Gasteiger partial charge in [-0.15, -0.1) is 0 Å². The molecule has 0 fully saturated rings. The van der Waals surface area contributed by atoms with Crippen molar-refractivity contribution in [2.75, 3.05) is 0 Å². The summed E-state index contributed by atoms with van der Waals surface area (Å²) in [4.78, 5) is 29.0. The number of unbranched alkanes of at least 4 members (excludes halogenated alkanes) is 5. The van der Waals surface area contributed by atoms with Crippen molar-refractivity contribution in [1.82, 2.24) is 0 Å². The molecule has 24 heavy (non-hydrogen) atoms. The van der Waals surface area contributed by atoms with E-state index in [4.69, 9.17) is 11.1 Å². The lowest BCUT2D eigenvalue weighted by atomic mass is 9.82. The highest BCUT2D eigenvalue weighted by molar-refractivity contribution is 6.27. The molecule has 0 saturated carbocycles. The molecule has 0 radical (unpaired) electrons. The molecule has 0 saturated heterocycles. The van der Waals surface area contributed by atoms with Gasteiger partial charge in [0.2, 0.25) is 11.6 Å². The van der Waals surface area contributed by atoms with Crippen LogP contribution < -0.4 is 0 Å². The monoisotopic (exact) mass is 334 g/mol. The first-order valence-corrected chi connectivity index (χ1v) is 8.61. The molecule has 0 spiro atoms. The Morgan fingerprint density at radius 1 is 0.708 bits per heavy atom. The number of rotatable bonds is 13. The fourth-order valence-electron chi connectivity index (χ4n) is 2.54. The summed E-state index contributed by atoms with van der Waals surface area (Å²) in [5, 5.41) is 0. The van der Waals surface area contributed by atoms with Gasteiger partial charge in [-0.25, -0.2) is 0 Å². The van der Waals surface area contributed by atoms with Crippen LogP contribution in [0.25, 0.3) is 11.1 Å². The highest BCUT2D eigenvalue weighted by atomic mass is 16.1. The van der Waals surface area contributed by atoms with Crippen molar-refractivity contribution >= 4 is 24.0 Å². The Labute approximate surface area is 144 Å². The first-order chi connectivity index (χ1) is 11.2. The number of ketones is 2. The third-order valence-corrected chi connectivity index (χ3v) is 4.54. The molecular formula is C18H30N4O2. The van der Waals surface area contributed by atoms with E-state index in [0.717, 1.165) is 63.8 Å². The van der Waals surface area contributed by atoms with Crippen LogP contribution in [-0.4, -0.2) is 33.6 Å². The second kappa shape index (κ2) is 10.8. The molecule has 134 valence electrons. The molecule has 0 rings (SSSR count). The van der Waals surface area contributed by atoms with Crippen LogP contribution in [0.2, 0.25) is 0 Å². The van der Waals surface area contributed by atoms with E-state index in [2.05, 4.69) is 9.58 Å². The molecule has 0 bridgehead atoms. The van der Waals surface area contributed by atoms with Gasteiger partial charge in [-0.2, -0.15) is 9.58 Å².